The lowest BCUT2D eigenvalue weighted by Crippen LogP contribution is -2.43. The molecule has 0 radical (unpaired) electrons. The van der Waals surface area contributed by atoms with E-state index in [0.717, 1.165) is 57.5 Å². The number of benzene rings is 1. The van der Waals surface area contributed by atoms with Gasteiger partial charge in [-0.2, -0.15) is 0 Å². The van der Waals surface area contributed by atoms with E-state index in [-0.39, 0.29) is 10.6 Å². The Morgan fingerprint density at radius 1 is 1.21 bits per heavy atom. The Balaban J connectivity index is 1.74. The number of nitro benzene ring substituents is 1. The fraction of sp³-hybridized carbons (Fsp3) is 0.571. The second-order valence-corrected chi connectivity index (χ2v) is 4.93. The van der Waals surface area contributed by atoms with Crippen LogP contribution in [0.2, 0.25) is 0 Å². The molecule has 1 saturated heterocycles. The van der Waals surface area contributed by atoms with E-state index in [9.17, 15) is 10.1 Å². The van der Waals surface area contributed by atoms with Gasteiger partial charge in [0, 0.05) is 37.8 Å². The molecular formula is C14H21N3O2. The van der Waals surface area contributed by atoms with Gasteiger partial charge >= 0.3 is 0 Å². The van der Waals surface area contributed by atoms with Crippen molar-refractivity contribution >= 4 is 5.69 Å². The zero-order chi connectivity index (χ0) is 13.5. The average Bonchev–Trinajstić information content (AvgIpc) is 2.45. The topological polar surface area (TPSA) is 58.4 Å². The van der Waals surface area contributed by atoms with Crippen LogP contribution in [0.3, 0.4) is 0 Å². The number of piperazine rings is 1. The summed E-state index contributed by atoms with van der Waals surface area (Å²) in [5.74, 6) is 0. The van der Waals surface area contributed by atoms with Crippen LogP contribution >= 0.6 is 0 Å². The zero-order valence-corrected chi connectivity index (χ0v) is 11.2. The van der Waals surface area contributed by atoms with E-state index in [4.69, 9.17) is 0 Å². The molecule has 1 heterocycles. The Kier molecular flexibility index (Phi) is 5.30. The minimum Gasteiger partial charge on any atom is -0.314 e. The third-order valence-electron chi connectivity index (χ3n) is 3.57. The van der Waals surface area contributed by atoms with Crippen LogP contribution in [0.15, 0.2) is 24.3 Å². The van der Waals surface area contributed by atoms with Gasteiger partial charge in [-0.05, 0) is 25.8 Å². The molecule has 0 aliphatic carbocycles. The van der Waals surface area contributed by atoms with Crippen LogP contribution in [0.1, 0.15) is 18.4 Å². The molecule has 0 unspecified atom stereocenters. The van der Waals surface area contributed by atoms with E-state index < -0.39 is 0 Å². The molecule has 5 heteroatoms. The molecule has 0 atom stereocenters. The fourth-order valence-corrected chi connectivity index (χ4v) is 2.49. The maximum absolute atomic E-state index is 10.9. The molecule has 1 aromatic rings. The van der Waals surface area contributed by atoms with Gasteiger partial charge in [0.25, 0.3) is 5.69 Å². The van der Waals surface area contributed by atoms with Crippen molar-refractivity contribution in [1.29, 1.82) is 0 Å². The first kappa shape index (κ1) is 14.0. The molecule has 1 fully saturated rings. The highest BCUT2D eigenvalue weighted by Crippen LogP contribution is 2.19. The van der Waals surface area contributed by atoms with Crippen LogP contribution in [0.25, 0.3) is 0 Å². The quantitative estimate of drug-likeness (QED) is 0.483. The summed E-state index contributed by atoms with van der Waals surface area (Å²) < 4.78 is 0. The number of para-hydroxylation sites is 1. The number of hydrogen-bond acceptors (Lipinski definition) is 4. The van der Waals surface area contributed by atoms with E-state index in [2.05, 4.69) is 10.2 Å². The first-order valence-electron chi connectivity index (χ1n) is 6.93. The van der Waals surface area contributed by atoms with Gasteiger partial charge < -0.3 is 10.2 Å². The molecule has 5 nitrogen and oxygen atoms in total. The maximum Gasteiger partial charge on any atom is 0.272 e. The normalized spacial score (nSPS) is 16.4. The number of nitrogens with zero attached hydrogens (tertiary/aromatic N) is 2. The smallest absolute Gasteiger partial charge is 0.272 e. The van der Waals surface area contributed by atoms with Gasteiger partial charge in [-0.15, -0.1) is 0 Å². The molecule has 0 spiro atoms. The van der Waals surface area contributed by atoms with Gasteiger partial charge in [0.15, 0.2) is 0 Å². The number of aryl methyl sites for hydroxylation is 1. The second kappa shape index (κ2) is 7.21. The van der Waals surface area contributed by atoms with Crippen molar-refractivity contribution < 1.29 is 4.92 Å². The highest BCUT2D eigenvalue weighted by Gasteiger charge is 2.12. The summed E-state index contributed by atoms with van der Waals surface area (Å²) in [6.07, 6.45) is 2.91. The molecule has 1 N–H and O–H groups in total. The minimum absolute atomic E-state index is 0.254. The van der Waals surface area contributed by atoms with Crippen LogP contribution < -0.4 is 5.32 Å². The van der Waals surface area contributed by atoms with E-state index in [0.29, 0.717) is 0 Å². The first-order chi connectivity index (χ1) is 9.27. The van der Waals surface area contributed by atoms with Crippen molar-refractivity contribution in [1.82, 2.24) is 10.2 Å². The van der Waals surface area contributed by atoms with Crippen LogP contribution in [0.5, 0.6) is 0 Å². The SMILES string of the molecule is O=[N+]([O-])c1ccccc1CCCCN1CCNCC1. The summed E-state index contributed by atoms with van der Waals surface area (Å²) >= 11 is 0. The highest BCUT2D eigenvalue weighted by molar-refractivity contribution is 5.39. The predicted octanol–water partition coefficient (Wildman–Crippen LogP) is 1.82. The number of hydrogen-bond donors (Lipinski definition) is 1. The number of nitro groups is 1. The number of nitrogens with one attached hydrogen (secondary N) is 1. The molecule has 2 rings (SSSR count). The summed E-state index contributed by atoms with van der Waals surface area (Å²) in [6, 6.07) is 7.05. The van der Waals surface area contributed by atoms with Gasteiger partial charge in [-0.3, -0.25) is 10.1 Å². The molecular weight excluding hydrogens is 242 g/mol. The minimum atomic E-state index is -0.286. The van der Waals surface area contributed by atoms with Crippen LogP contribution in [0.4, 0.5) is 5.69 Å². The van der Waals surface area contributed by atoms with Gasteiger partial charge in [0.2, 0.25) is 0 Å². The van der Waals surface area contributed by atoms with E-state index in [1.54, 1.807) is 12.1 Å². The highest BCUT2D eigenvalue weighted by atomic mass is 16.6. The van der Waals surface area contributed by atoms with Crippen molar-refractivity contribution in [2.45, 2.75) is 19.3 Å². The molecule has 1 aliphatic heterocycles. The summed E-state index contributed by atoms with van der Waals surface area (Å²) in [7, 11) is 0. The molecule has 0 aromatic heterocycles. The van der Waals surface area contributed by atoms with Gasteiger partial charge in [-0.1, -0.05) is 18.2 Å². The van der Waals surface area contributed by atoms with Crippen LogP contribution in [-0.2, 0) is 6.42 Å². The lowest BCUT2D eigenvalue weighted by molar-refractivity contribution is -0.385. The number of rotatable bonds is 6. The maximum atomic E-state index is 10.9. The monoisotopic (exact) mass is 263 g/mol. The van der Waals surface area contributed by atoms with Crippen LogP contribution in [-0.4, -0.2) is 42.5 Å². The van der Waals surface area contributed by atoms with Crippen molar-refractivity contribution in [3.8, 4) is 0 Å². The Bertz CT molecular complexity index is 417. The molecule has 104 valence electrons. The summed E-state index contributed by atoms with van der Waals surface area (Å²) in [5.41, 5.74) is 1.11. The Hall–Kier alpha value is -1.46. The Morgan fingerprint density at radius 3 is 2.68 bits per heavy atom. The Morgan fingerprint density at radius 2 is 1.95 bits per heavy atom. The lowest BCUT2D eigenvalue weighted by atomic mass is 10.1. The largest absolute Gasteiger partial charge is 0.314 e. The third-order valence-corrected chi connectivity index (χ3v) is 3.57. The van der Waals surface area contributed by atoms with Gasteiger partial charge in [-0.25, -0.2) is 0 Å². The zero-order valence-electron chi connectivity index (χ0n) is 11.2. The second-order valence-electron chi connectivity index (χ2n) is 4.93. The van der Waals surface area contributed by atoms with Crippen molar-refractivity contribution in [2.75, 3.05) is 32.7 Å². The van der Waals surface area contributed by atoms with Gasteiger partial charge in [0.05, 0.1) is 4.92 Å². The van der Waals surface area contributed by atoms with E-state index >= 15 is 0 Å². The van der Waals surface area contributed by atoms with Crippen molar-refractivity contribution in [2.24, 2.45) is 0 Å². The molecule has 0 amide bonds. The van der Waals surface area contributed by atoms with Crippen molar-refractivity contribution in [3.63, 3.8) is 0 Å². The van der Waals surface area contributed by atoms with E-state index in [1.807, 2.05) is 12.1 Å². The summed E-state index contributed by atoms with van der Waals surface area (Å²) in [5, 5.41) is 14.2. The number of unbranched alkanes of at least 4 members (excludes halogenated alkanes) is 1. The molecule has 0 bridgehead atoms. The standard InChI is InChI=1S/C14H21N3O2/c18-17(19)14-7-2-1-5-13(14)6-3-4-10-16-11-8-15-9-12-16/h1-2,5,7,15H,3-4,6,8-12H2. The molecule has 19 heavy (non-hydrogen) atoms. The van der Waals surface area contributed by atoms with Gasteiger partial charge in [0.1, 0.15) is 0 Å². The van der Waals surface area contributed by atoms with Crippen LogP contribution in [0, 0.1) is 10.1 Å². The summed E-state index contributed by atoms with van der Waals surface area (Å²) in [6.45, 7) is 5.48. The summed E-state index contributed by atoms with van der Waals surface area (Å²) in [4.78, 5) is 13.1. The Labute approximate surface area is 113 Å². The molecule has 0 saturated carbocycles. The molecule has 1 aliphatic rings. The first-order valence-corrected chi connectivity index (χ1v) is 6.93. The third kappa shape index (κ3) is 4.29. The van der Waals surface area contributed by atoms with Crippen molar-refractivity contribution in [3.05, 3.63) is 39.9 Å². The average molecular weight is 263 g/mol. The fourth-order valence-electron chi connectivity index (χ4n) is 2.49. The molecule has 1 aromatic carbocycles. The van der Waals surface area contributed by atoms with E-state index in [1.165, 1.54) is 0 Å². The predicted molar refractivity (Wildman–Crippen MR) is 75.3 cm³/mol. The lowest BCUT2D eigenvalue weighted by Gasteiger charge is -2.26.